The molecule has 0 saturated carbocycles. The smallest absolute Gasteiger partial charge is 0.342 e. The van der Waals surface area contributed by atoms with Gasteiger partial charge in [0.2, 0.25) is 0 Å². The molecule has 6 nitrogen and oxygen atoms in total. The van der Waals surface area contributed by atoms with Gasteiger partial charge in [-0.2, -0.15) is 0 Å². The molecule has 0 saturated heterocycles. The number of esters is 1. The number of nitrogens with zero attached hydrogens (tertiary/aromatic N) is 2. The van der Waals surface area contributed by atoms with Crippen LogP contribution in [0.3, 0.4) is 0 Å². The van der Waals surface area contributed by atoms with Crippen LogP contribution >= 0.6 is 0 Å². The molecule has 1 aromatic carbocycles. The summed E-state index contributed by atoms with van der Waals surface area (Å²) in [5, 5.41) is 0.945. The number of rotatable bonds is 8. The second kappa shape index (κ2) is 9.24. The Morgan fingerprint density at radius 1 is 1.13 bits per heavy atom. The molecule has 0 radical (unpaired) electrons. The van der Waals surface area contributed by atoms with E-state index >= 15 is 0 Å². The maximum atomic E-state index is 12.5. The van der Waals surface area contributed by atoms with Crippen LogP contribution in [0.2, 0.25) is 25.7 Å². The highest BCUT2D eigenvalue weighted by atomic mass is 28.3. The predicted molar refractivity (Wildman–Crippen MR) is 126 cm³/mol. The number of fused-ring (bicyclic) bond motifs is 1. The molecule has 2 heterocycles. The van der Waals surface area contributed by atoms with E-state index in [1.165, 1.54) is 0 Å². The fraction of sp³-hybridized carbons (Fsp3) is 0.417. The summed E-state index contributed by atoms with van der Waals surface area (Å²) in [7, 11) is -1.10. The average molecular weight is 441 g/mol. The Morgan fingerprint density at radius 2 is 1.87 bits per heavy atom. The first-order chi connectivity index (χ1) is 14.5. The number of benzene rings is 1. The number of aromatic nitrogens is 2. The molecular weight excluding hydrogens is 408 g/mol. The molecule has 166 valence electrons. The average Bonchev–Trinajstić information content (AvgIpc) is 3.06. The van der Waals surface area contributed by atoms with Gasteiger partial charge in [-0.05, 0) is 51.1 Å². The third-order valence-electron chi connectivity index (χ3n) is 4.54. The minimum Gasteiger partial charge on any atom is -0.456 e. The van der Waals surface area contributed by atoms with E-state index in [2.05, 4.69) is 24.6 Å². The summed E-state index contributed by atoms with van der Waals surface area (Å²) in [6.45, 7) is 13.8. The van der Waals surface area contributed by atoms with Crippen molar-refractivity contribution in [2.24, 2.45) is 0 Å². The maximum absolute atomic E-state index is 12.5. The first-order valence-electron chi connectivity index (χ1n) is 10.5. The molecule has 0 amide bonds. The molecule has 2 aromatic heterocycles. The van der Waals surface area contributed by atoms with Crippen molar-refractivity contribution < 1.29 is 19.0 Å². The molecule has 0 spiro atoms. The summed E-state index contributed by atoms with van der Waals surface area (Å²) in [6, 6.07) is 12.1. The lowest BCUT2D eigenvalue weighted by molar-refractivity contribution is 0.00671. The number of para-hydroxylation sites is 1. The second-order valence-corrected chi connectivity index (χ2v) is 15.4. The van der Waals surface area contributed by atoms with Crippen molar-refractivity contribution in [3.8, 4) is 11.5 Å². The lowest BCUT2D eigenvalue weighted by Crippen LogP contribution is -2.24. The molecule has 0 atom stereocenters. The fourth-order valence-electron chi connectivity index (χ4n) is 2.94. The molecule has 7 heteroatoms. The van der Waals surface area contributed by atoms with Gasteiger partial charge in [0.05, 0.1) is 6.20 Å². The molecule has 0 fully saturated rings. The van der Waals surface area contributed by atoms with Gasteiger partial charge in [-0.1, -0.05) is 31.8 Å². The highest BCUT2D eigenvalue weighted by Gasteiger charge is 2.21. The van der Waals surface area contributed by atoms with E-state index in [1.807, 2.05) is 49.7 Å². The van der Waals surface area contributed by atoms with Gasteiger partial charge in [-0.25, -0.2) is 9.78 Å². The summed E-state index contributed by atoms with van der Waals surface area (Å²) in [5.41, 5.74) is 0.636. The molecule has 31 heavy (non-hydrogen) atoms. The van der Waals surface area contributed by atoms with Crippen LogP contribution in [0.5, 0.6) is 11.5 Å². The highest BCUT2D eigenvalue weighted by molar-refractivity contribution is 6.76. The second-order valence-electron chi connectivity index (χ2n) is 9.82. The number of carbonyl (C=O) groups excluding carboxylic acids is 1. The number of hydrogen-bond donors (Lipinski definition) is 0. The lowest BCUT2D eigenvalue weighted by atomic mass is 10.1. The standard InChI is InChI=1S/C24H32N2O4Si/c1-24(2,3)30-23(27)20-9-7-8-10-21(20)29-19-15-18-11-12-26(22(18)25-16-19)17-28-13-14-31(4,5)6/h7-12,15-16H,13-14,17H2,1-6H3. The Bertz CT molecular complexity index is 1050. The Hall–Kier alpha value is -2.64. The van der Waals surface area contributed by atoms with Crippen LogP contribution in [0, 0.1) is 0 Å². The van der Waals surface area contributed by atoms with E-state index in [-0.39, 0.29) is 0 Å². The summed E-state index contributed by atoms with van der Waals surface area (Å²) >= 11 is 0. The Morgan fingerprint density at radius 3 is 2.58 bits per heavy atom. The molecule has 0 bridgehead atoms. The molecule has 0 aliphatic heterocycles. The minimum absolute atomic E-state index is 0.380. The van der Waals surface area contributed by atoms with Crippen molar-refractivity contribution in [1.29, 1.82) is 0 Å². The van der Waals surface area contributed by atoms with E-state index in [1.54, 1.807) is 24.4 Å². The zero-order valence-corrected chi connectivity index (χ0v) is 20.3. The van der Waals surface area contributed by atoms with E-state index in [0.717, 1.165) is 23.7 Å². The Balaban J connectivity index is 1.72. The van der Waals surface area contributed by atoms with Gasteiger partial charge in [0, 0.05) is 26.3 Å². The van der Waals surface area contributed by atoms with Crippen molar-refractivity contribution in [3.63, 3.8) is 0 Å². The Labute approximate surface area is 185 Å². The zero-order valence-electron chi connectivity index (χ0n) is 19.3. The third-order valence-corrected chi connectivity index (χ3v) is 6.24. The van der Waals surface area contributed by atoms with Crippen LogP contribution < -0.4 is 4.74 Å². The van der Waals surface area contributed by atoms with Crippen molar-refractivity contribution >= 4 is 25.1 Å². The normalized spacial score (nSPS) is 12.2. The largest absolute Gasteiger partial charge is 0.456 e. The van der Waals surface area contributed by atoms with E-state index in [9.17, 15) is 4.79 Å². The number of pyridine rings is 1. The first kappa shape index (κ1) is 23.0. The molecule has 0 aliphatic carbocycles. The topological polar surface area (TPSA) is 62.6 Å². The van der Waals surface area contributed by atoms with Crippen molar-refractivity contribution in [2.75, 3.05) is 6.61 Å². The summed E-state index contributed by atoms with van der Waals surface area (Å²) in [4.78, 5) is 17.1. The van der Waals surface area contributed by atoms with Gasteiger partial charge in [-0.15, -0.1) is 0 Å². The van der Waals surface area contributed by atoms with Crippen molar-refractivity contribution in [1.82, 2.24) is 9.55 Å². The number of hydrogen-bond acceptors (Lipinski definition) is 5. The van der Waals surface area contributed by atoms with Gasteiger partial charge in [0.15, 0.2) is 0 Å². The molecule has 3 aromatic rings. The van der Waals surface area contributed by atoms with E-state index < -0.39 is 19.6 Å². The number of carbonyl (C=O) groups is 1. The van der Waals surface area contributed by atoms with E-state index in [4.69, 9.17) is 14.2 Å². The van der Waals surface area contributed by atoms with Gasteiger partial charge in [0.1, 0.15) is 35.0 Å². The van der Waals surface area contributed by atoms with Gasteiger partial charge in [-0.3, -0.25) is 0 Å². The fourth-order valence-corrected chi connectivity index (χ4v) is 3.70. The monoisotopic (exact) mass is 440 g/mol. The lowest BCUT2D eigenvalue weighted by Gasteiger charge is -2.20. The molecular formula is C24H32N2O4Si. The van der Waals surface area contributed by atoms with Crippen LogP contribution in [0.15, 0.2) is 48.8 Å². The SMILES string of the molecule is CC(C)(C)OC(=O)c1ccccc1Oc1cnc2c(ccn2COCC[Si](C)(C)C)c1. The molecule has 0 N–H and O–H groups in total. The van der Waals surface area contributed by atoms with Gasteiger partial charge >= 0.3 is 5.97 Å². The van der Waals surface area contributed by atoms with Crippen molar-refractivity contribution in [3.05, 3.63) is 54.4 Å². The van der Waals surface area contributed by atoms with Crippen LogP contribution in [0.25, 0.3) is 11.0 Å². The predicted octanol–water partition coefficient (Wildman–Crippen LogP) is 6.10. The zero-order chi connectivity index (χ0) is 22.6. The molecule has 0 unspecified atom stereocenters. The number of ether oxygens (including phenoxy) is 3. The van der Waals surface area contributed by atoms with Crippen LogP contribution in [-0.2, 0) is 16.2 Å². The highest BCUT2D eigenvalue weighted by Crippen LogP contribution is 2.28. The van der Waals surface area contributed by atoms with Crippen LogP contribution in [0.1, 0.15) is 31.1 Å². The maximum Gasteiger partial charge on any atom is 0.342 e. The third kappa shape index (κ3) is 6.67. The van der Waals surface area contributed by atoms with E-state index in [0.29, 0.717) is 23.8 Å². The summed E-state index contributed by atoms with van der Waals surface area (Å²) in [5.74, 6) is 0.576. The van der Waals surface area contributed by atoms with Crippen LogP contribution in [0.4, 0.5) is 0 Å². The van der Waals surface area contributed by atoms with Gasteiger partial charge in [0.25, 0.3) is 0 Å². The van der Waals surface area contributed by atoms with Crippen molar-refractivity contribution in [2.45, 2.75) is 58.8 Å². The summed E-state index contributed by atoms with van der Waals surface area (Å²) in [6.07, 6.45) is 3.62. The molecule has 0 aliphatic rings. The quantitative estimate of drug-likeness (QED) is 0.241. The van der Waals surface area contributed by atoms with Gasteiger partial charge < -0.3 is 18.8 Å². The first-order valence-corrected chi connectivity index (χ1v) is 14.3. The molecule has 3 rings (SSSR count). The summed E-state index contributed by atoms with van der Waals surface area (Å²) < 4.78 is 19.3. The van der Waals surface area contributed by atoms with Crippen LogP contribution in [-0.4, -0.2) is 35.8 Å². The minimum atomic E-state index is -1.10. The Kier molecular flexibility index (Phi) is 6.86.